The number of ether oxygens (including phenoxy) is 1. The Morgan fingerprint density at radius 1 is 1.62 bits per heavy atom. The van der Waals surface area contributed by atoms with Crippen LogP contribution in [0.2, 0.25) is 0 Å². The van der Waals surface area contributed by atoms with Crippen molar-refractivity contribution in [2.24, 2.45) is 0 Å². The van der Waals surface area contributed by atoms with Crippen LogP contribution in [0.5, 0.6) is 0 Å². The number of carbonyl (C=O) groups is 1. The zero-order chi connectivity index (χ0) is 11.1. The van der Waals surface area contributed by atoms with Crippen molar-refractivity contribution in [3.8, 4) is 0 Å². The molecule has 2 aromatic heterocycles. The van der Waals surface area contributed by atoms with Gasteiger partial charge in [-0.2, -0.15) is 0 Å². The SMILES string of the molecule is CC(=O)OC1CCn2c1nc1cccnc12. The molecule has 0 spiro atoms. The molecule has 0 fully saturated rings. The van der Waals surface area contributed by atoms with E-state index in [1.54, 1.807) is 6.20 Å². The van der Waals surface area contributed by atoms with E-state index in [4.69, 9.17) is 4.74 Å². The second-order valence-electron chi connectivity index (χ2n) is 3.85. The lowest BCUT2D eigenvalue weighted by molar-refractivity contribution is -0.146. The van der Waals surface area contributed by atoms with E-state index in [0.29, 0.717) is 0 Å². The number of hydrogen-bond donors (Lipinski definition) is 0. The molecule has 1 aliphatic rings. The molecule has 5 nitrogen and oxygen atoms in total. The zero-order valence-electron chi connectivity index (χ0n) is 8.88. The molecule has 0 aliphatic carbocycles. The molecule has 0 saturated carbocycles. The Morgan fingerprint density at radius 3 is 3.31 bits per heavy atom. The molecule has 0 amide bonds. The third kappa shape index (κ3) is 1.28. The van der Waals surface area contributed by atoms with E-state index >= 15 is 0 Å². The van der Waals surface area contributed by atoms with Gasteiger partial charge < -0.3 is 9.30 Å². The minimum atomic E-state index is -0.265. The van der Waals surface area contributed by atoms with Crippen LogP contribution in [0.15, 0.2) is 18.3 Å². The zero-order valence-corrected chi connectivity index (χ0v) is 8.88. The van der Waals surface area contributed by atoms with Crippen molar-refractivity contribution in [2.75, 3.05) is 0 Å². The summed E-state index contributed by atoms with van der Waals surface area (Å²) in [6.07, 6.45) is 2.32. The second-order valence-corrected chi connectivity index (χ2v) is 3.85. The molecule has 0 bridgehead atoms. The van der Waals surface area contributed by atoms with Crippen LogP contribution in [-0.2, 0) is 16.1 Å². The summed E-state index contributed by atoms with van der Waals surface area (Å²) in [6, 6.07) is 3.77. The average molecular weight is 217 g/mol. The third-order valence-corrected chi connectivity index (χ3v) is 2.74. The minimum absolute atomic E-state index is 0.216. The van der Waals surface area contributed by atoms with Gasteiger partial charge in [0.05, 0.1) is 0 Å². The summed E-state index contributed by atoms with van der Waals surface area (Å²) >= 11 is 0. The first-order chi connectivity index (χ1) is 7.75. The molecular formula is C11H11N3O2. The Balaban J connectivity index is 2.08. The molecular weight excluding hydrogens is 206 g/mol. The number of hydrogen-bond acceptors (Lipinski definition) is 4. The van der Waals surface area contributed by atoms with Gasteiger partial charge in [-0.3, -0.25) is 4.79 Å². The van der Waals surface area contributed by atoms with Crippen molar-refractivity contribution < 1.29 is 9.53 Å². The van der Waals surface area contributed by atoms with Crippen LogP contribution < -0.4 is 0 Å². The second kappa shape index (κ2) is 3.30. The quantitative estimate of drug-likeness (QED) is 0.678. The number of carbonyl (C=O) groups excluding carboxylic acids is 1. The fraction of sp³-hybridized carbons (Fsp3) is 0.364. The Bertz CT molecular complexity index is 561. The van der Waals surface area contributed by atoms with E-state index in [0.717, 1.165) is 30.0 Å². The standard InChI is InChI=1S/C11H11N3O2/c1-7(15)16-9-4-6-14-10-8(13-11(9)14)3-2-5-12-10/h2-3,5,9H,4,6H2,1H3. The Morgan fingerprint density at radius 2 is 2.50 bits per heavy atom. The summed E-state index contributed by atoms with van der Waals surface area (Å²) in [5.74, 6) is 0.544. The molecule has 2 aromatic rings. The number of aryl methyl sites for hydroxylation is 1. The van der Waals surface area contributed by atoms with Gasteiger partial charge in [-0.1, -0.05) is 0 Å². The molecule has 16 heavy (non-hydrogen) atoms. The van der Waals surface area contributed by atoms with Crippen molar-refractivity contribution >= 4 is 17.1 Å². The highest BCUT2D eigenvalue weighted by atomic mass is 16.5. The molecule has 3 rings (SSSR count). The van der Waals surface area contributed by atoms with Crippen LogP contribution in [-0.4, -0.2) is 20.5 Å². The van der Waals surface area contributed by atoms with Crippen LogP contribution >= 0.6 is 0 Å². The molecule has 1 unspecified atom stereocenters. The lowest BCUT2D eigenvalue weighted by atomic mass is 10.3. The lowest BCUT2D eigenvalue weighted by Crippen LogP contribution is -2.06. The van der Waals surface area contributed by atoms with E-state index in [9.17, 15) is 4.79 Å². The van der Waals surface area contributed by atoms with Crippen LogP contribution in [0.3, 0.4) is 0 Å². The molecule has 1 aliphatic heterocycles. The van der Waals surface area contributed by atoms with Crippen molar-refractivity contribution in [1.82, 2.24) is 14.5 Å². The van der Waals surface area contributed by atoms with Gasteiger partial charge in [0, 0.05) is 26.1 Å². The number of fused-ring (bicyclic) bond motifs is 3. The van der Waals surface area contributed by atoms with Crippen molar-refractivity contribution in [3.63, 3.8) is 0 Å². The maximum absolute atomic E-state index is 10.9. The van der Waals surface area contributed by atoms with E-state index in [1.807, 2.05) is 16.7 Å². The number of nitrogens with zero attached hydrogens (tertiary/aromatic N) is 3. The van der Waals surface area contributed by atoms with Gasteiger partial charge in [-0.25, -0.2) is 9.97 Å². The van der Waals surface area contributed by atoms with Gasteiger partial charge in [-0.15, -0.1) is 0 Å². The maximum Gasteiger partial charge on any atom is 0.303 e. The predicted molar refractivity (Wildman–Crippen MR) is 56.7 cm³/mol. The molecule has 5 heteroatoms. The van der Waals surface area contributed by atoms with Crippen LogP contribution in [0.25, 0.3) is 11.2 Å². The molecule has 0 saturated heterocycles. The lowest BCUT2D eigenvalue weighted by Gasteiger charge is -2.07. The summed E-state index contributed by atoms with van der Waals surface area (Å²) in [5.41, 5.74) is 1.72. The van der Waals surface area contributed by atoms with Gasteiger partial charge in [0.2, 0.25) is 0 Å². The molecule has 0 radical (unpaired) electrons. The Hall–Kier alpha value is -1.91. The van der Waals surface area contributed by atoms with E-state index in [2.05, 4.69) is 9.97 Å². The number of aromatic nitrogens is 3. The van der Waals surface area contributed by atoms with Gasteiger partial charge in [0.15, 0.2) is 17.6 Å². The minimum Gasteiger partial charge on any atom is -0.454 e. The van der Waals surface area contributed by atoms with Gasteiger partial charge >= 0.3 is 5.97 Å². The van der Waals surface area contributed by atoms with Crippen LogP contribution in [0.1, 0.15) is 25.3 Å². The number of imidazole rings is 1. The normalized spacial score (nSPS) is 18.7. The monoisotopic (exact) mass is 217 g/mol. The molecule has 0 aromatic carbocycles. The summed E-state index contributed by atoms with van der Waals surface area (Å²) in [7, 11) is 0. The highest BCUT2D eigenvalue weighted by Gasteiger charge is 2.29. The first kappa shape index (κ1) is 9.33. The maximum atomic E-state index is 10.9. The van der Waals surface area contributed by atoms with Crippen molar-refractivity contribution in [3.05, 3.63) is 24.2 Å². The Labute approximate surface area is 92.1 Å². The average Bonchev–Trinajstić information content (AvgIpc) is 2.78. The molecule has 82 valence electrons. The number of esters is 1. The fourth-order valence-corrected chi connectivity index (χ4v) is 2.13. The summed E-state index contributed by atoms with van der Waals surface area (Å²) in [6.45, 7) is 2.23. The smallest absolute Gasteiger partial charge is 0.303 e. The molecule has 0 N–H and O–H groups in total. The van der Waals surface area contributed by atoms with Crippen molar-refractivity contribution in [1.29, 1.82) is 0 Å². The third-order valence-electron chi connectivity index (χ3n) is 2.74. The first-order valence-corrected chi connectivity index (χ1v) is 5.24. The predicted octanol–water partition coefficient (Wildman–Crippen LogP) is 1.44. The highest BCUT2D eigenvalue weighted by Crippen LogP contribution is 2.31. The topological polar surface area (TPSA) is 57.0 Å². The van der Waals surface area contributed by atoms with Gasteiger partial charge in [0.25, 0.3) is 0 Å². The first-order valence-electron chi connectivity index (χ1n) is 5.24. The van der Waals surface area contributed by atoms with E-state index in [1.165, 1.54) is 6.92 Å². The van der Waals surface area contributed by atoms with Gasteiger partial charge in [-0.05, 0) is 12.1 Å². The van der Waals surface area contributed by atoms with Crippen LogP contribution in [0.4, 0.5) is 0 Å². The summed E-state index contributed by atoms with van der Waals surface area (Å²) in [4.78, 5) is 19.7. The summed E-state index contributed by atoms with van der Waals surface area (Å²) in [5, 5.41) is 0. The van der Waals surface area contributed by atoms with Gasteiger partial charge in [0.1, 0.15) is 5.52 Å². The van der Waals surface area contributed by atoms with Crippen molar-refractivity contribution in [2.45, 2.75) is 26.0 Å². The fourth-order valence-electron chi connectivity index (χ4n) is 2.13. The van der Waals surface area contributed by atoms with Crippen LogP contribution in [0, 0.1) is 0 Å². The number of rotatable bonds is 1. The Kier molecular flexibility index (Phi) is 1.92. The molecule has 1 atom stereocenters. The largest absolute Gasteiger partial charge is 0.454 e. The summed E-state index contributed by atoms with van der Waals surface area (Å²) < 4.78 is 7.23. The van der Waals surface area contributed by atoms with E-state index < -0.39 is 0 Å². The number of pyridine rings is 1. The molecule has 3 heterocycles. The van der Waals surface area contributed by atoms with E-state index in [-0.39, 0.29) is 12.1 Å². The highest BCUT2D eigenvalue weighted by molar-refractivity contribution is 5.72.